The van der Waals surface area contributed by atoms with E-state index >= 15 is 0 Å². The average molecular weight is 815 g/mol. The van der Waals surface area contributed by atoms with Crippen LogP contribution in [0, 0.1) is 0 Å². The molecule has 2 atom stereocenters. The molecule has 0 fully saturated rings. The lowest BCUT2D eigenvalue weighted by atomic mass is 9.89. The summed E-state index contributed by atoms with van der Waals surface area (Å²) in [4.78, 5) is 24.1. The zero-order valence-corrected chi connectivity index (χ0v) is 38.3. The van der Waals surface area contributed by atoms with E-state index in [0.717, 1.165) is 116 Å². The Hall–Kier alpha value is -2.18. The molecule has 0 amide bonds. The molecule has 0 spiro atoms. The minimum absolute atomic E-state index is 0.0720. The summed E-state index contributed by atoms with van der Waals surface area (Å²) in [6, 6.07) is 0. The number of allylic oxidation sites excluding steroid dienone is 2. The van der Waals surface area contributed by atoms with E-state index in [1.54, 1.807) is 0 Å². The van der Waals surface area contributed by atoms with Crippen molar-refractivity contribution >= 4 is 11.9 Å². The molecule has 58 heavy (non-hydrogen) atoms. The van der Waals surface area contributed by atoms with Gasteiger partial charge in [0.1, 0.15) is 0 Å². The number of ether oxygens (including phenoxy) is 2. The molecule has 0 saturated heterocycles. The molecule has 0 heterocycles. The van der Waals surface area contributed by atoms with Crippen molar-refractivity contribution in [1.82, 2.24) is 0 Å². The number of hydrogen-bond donors (Lipinski definition) is 2. The largest absolute Gasteiger partial charge is 0.466 e. The van der Waals surface area contributed by atoms with Crippen molar-refractivity contribution < 1.29 is 29.3 Å². The first-order valence-corrected chi connectivity index (χ1v) is 24.5. The summed E-state index contributed by atoms with van der Waals surface area (Å²) < 4.78 is 10.9. The van der Waals surface area contributed by atoms with Crippen LogP contribution in [0.15, 0.2) is 49.6 Å². The molecule has 0 aliphatic carbocycles. The topological polar surface area (TPSA) is 93.1 Å². The van der Waals surface area contributed by atoms with Gasteiger partial charge in [0.25, 0.3) is 0 Å². The van der Waals surface area contributed by atoms with Gasteiger partial charge in [-0.15, -0.1) is 13.2 Å². The molecule has 6 nitrogen and oxygen atoms in total. The normalized spacial score (nSPS) is 13.8. The summed E-state index contributed by atoms with van der Waals surface area (Å²) in [7, 11) is 0. The van der Waals surface area contributed by atoms with Crippen molar-refractivity contribution in [3.05, 3.63) is 49.6 Å². The van der Waals surface area contributed by atoms with Gasteiger partial charge in [-0.1, -0.05) is 179 Å². The third kappa shape index (κ3) is 38.0. The van der Waals surface area contributed by atoms with Crippen molar-refractivity contribution in [2.75, 3.05) is 13.2 Å². The van der Waals surface area contributed by atoms with Crippen molar-refractivity contribution in [2.24, 2.45) is 0 Å². The zero-order chi connectivity index (χ0) is 42.7. The molecule has 6 heteroatoms. The molecular weight excluding hydrogens is 721 g/mol. The maximum absolute atomic E-state index is 12.1. The van der Waals surface area contributed by atoms with E-state index in [1.807, 2.05) is 12.2 Å². The Balaban J connectivity index is 3.56. The Bertz CT molecular complexity index is 939. The van der Waals surface area contributed by atoms with E-state index in [4.69, 9.17) is 9.47 Å². The average Bonchev–Trinajstić information content (AvgIpc) is 3.20. The first-order chi connectivity index (χ1) is 28.2. The summed E-state index contributed by atoms with van der Waals surface area (Å²) in [5, 5.41) is 21.8. The van der Waals surface area contributed by atoms with E-state index in [2.05, 4.69) is 51.3 Å². The molecule has 2 N–H and O–H groups in total. The monoisotopic (exact) mass is 815 g/mol. The second kappa shape index (κ2) is 41.5. The third-order valence-electron chi connectivity index (χ3n) is 11.4. The number of esters is 2. The maximum atomic E-state index is 12.1. The summed E-state index contributed by atoms with van der Waals surface area (Å²) in [5.41, 5.74) is -1.26. The number of aliphatic hydroxyl groups is 2. The Labute approximate surface area is 359 Å². The van der Waals surface area contributed by atoms with Crippen molar-refractivity contribution in [1.29, 1.82) is 0 Å². The quantitative estimate of drug-likeness (QED) is 0.0361. The van der Waals surface area contributed by atoms with Crippen LogP contribution in [0.4, 0.5) is 0 Å². The van der Waals surface area contributed by atoms with Gasteiger partial charge < -0.3 is 19.7 Å². The molecule has 0 aromatic carbocycles. The van der Waals surface area contributed by atoms with Crippen molar-refractivity contribution in [3.8, 4) is 0 Å². The first kappa shape index (κ1) is 55.8. The smallest absolute Gasteiger partial charge is 0.305 e. The second-order valence-electron chi connectivity index (χ2n) is 17.3. The lowest BCUT2D eigenvalue weighted by molar-refractivity contribution is -0.144. The van der Waals surface area contributed by atoms with Crippen molar-refractivity contribution in [2.45, 2.75) is 256 Å². The number of rotatable bonds is 45. The zero-order valence-electron chi connectivity index (χ0n) is 38.3. The highest BCUT2D eigenvalue weighted by molar-refractivity contribution is 5.69. The fourth-order valence-corrected chi connectivity index (χ4v) is 7.62. The van der Waals surface area contributed by atoms with Crippen LogP contribution < -0.4 is 0 Å². The predicted octanol–water partition coefficient (Wildman–Crippen LogP) is 15.1. The van der Waals surface area contributed by atoms with Crippen LogP contribution in [0.2, 0.25) is 0 Å². The van der Waals surface area contributed by atoms with Crippen LogP contribution in [0.1, 0.15) is 245 Å². The minimum Gasteiger partial charge on any atom is -0.466 e. The Morgan fingerprint density at radius 3 is 1.12 bits per heavy atom. The number of unbranched alkanes of at least 4 members (excludes halogenated alkanes) is 23. The molecule has 0 radical (unpaired) electrons. The molecule has 0 aromatic heterocycles. The Morgan fingerprint density at radius 2 is 0.759 bits per heavy atom. The van der Waals surface area contributed by atoms with Gasteiger partial charge in [0.15, 0.2) is 0 Å². The number of hydrogen-bond acceptors (Lipinski definition) is 6. The van der Waals surface area contributed by atoms with Gasteiger partial charge in [0, 0.05) is 12.8 Å². The van der Waals surface area contributed by atoms with Gasteiger partial charge in [-0.2, -0.15) is 0 Å². The maximum Gasteiger partial charge on any atom is 0.305 e. The lowest BCUT2D eigenvalue weighted by Gasteiger charge is -2.25. The molecule has 0 rings (SSSR count). The fourth-order valence-electron chi connectivity index (χ4n) is 7.62. The van der Waals surface area contributed by atoms with Gasteiger partial charge in [0.05, 0.1) is 24.4 Å². The molecule has 0 aliphatic rings. The van der Waals surface area contributed by atoms with Gasteiger partial charge >= 0.3 is 11.9 Å². The SMILES string of the molecule is C=CCC(O)(C/C=C\CCCCCCCCOC(=O)CCCCCCCCC(=O)OCCCCCCCC/C=C\CC(O)(CC=C)CCCCCC)CCCCCC. The van der Waals surface area contributed by atoms with E-state index in [-0.39, 0.29) is 11.9 Å². The molecule has 0 aliphatic heterocycles. The first-order valence-electron chi connectivity index (χ1n) is 24.5. The van der Waals surface area contributed by atoms with Crippen LogP contribution in [0.5, 0.6) is 0 Å². The van der Waals surface area contributed by atoms with E-state index in [1.165, 1.54) is 89.9 Å². The van der Waals surface area contributed by atoms with Crippen LogP contribution >= 0.6 is 0 Å². The highest BCUT2D eigenvalue weighted by Gasteiger charge is 2.24. The Morgan fingerprint density at radius 1 is 0.431 bits per heavy atom. The molecule has 0 saturated carbocycles. The van der Waals surface area contributed by atoms with Gasteiger partial charge in [0.2, 0.25) is 0 Å². The summed E-state index contributed by atoms with van der Waals surface area (Å²) in [6.07, 6.45) is 49.2. The highest BCUT2D eigenvalue weighted by Crippen LogP contribution is 2.26. The van der Waals surface area contributed by atoms with Gasteiger partial charge in [-0.05, 0) is 89.9 Å². The van der Waals surface area contributed by atoms with E-state index in [9.17, 15) is 19.8 Å². The fraction of sp³-hybridized carbons (Fsp3) is 0.808. The summed E-state index contributed by atoms with van der Waals surface area (Å²) >= 11 is 0. The molecule has 2 unspecified atom stereocenters. The number of carbonyl (C=O) groups excluding carboxylic acids is 2. The van der Waals surface area contributed by atoms with E-state index < -0.39 is 11.2 Å². The van der Waals surface area contributed by atoms with Crippen LogP contribution in [-0.2, 0) is 19.1 Å². The van der Waals surface area contributed by atoms with Gasteiger partial charge in [-0.3, -0.25) is 9.59 Å². The Kier molecular flexibility index (Phi) is 40.0. The second-order valence-corrected chi connectivity index (χ2v) is 17.3. The van der Waals surface area contributed by atoms with Crippen LogP contribution in [-0.4, -0.2) is 46.6 Å². The molecule has 0 aromatic rings. The molecular formula is C52H94O6. The summed E-state index contributed by atoms with van der Waals surface area (Å²) in [6.45, 7) is 13.2. The standard InChI is InChI=1S/C52H94O6/c1-5-9-11-33-43-51(55,41-7-3)45-35-27-21-15-13-17-23-29-37-47-57-49(53)39-31-25-19-20-26-32-40-50(54)58-48-38-30-24-18-14-16-22-28-36-46-52(56,42-8-4)44-34-12-10-6-2/h7-8,27-28,35-36,55-56H,3-6,9-26,29-34,37-48H2,1-2H3/b35-27-,36-28-. The minimum atomic E-state index is -0.631. The lowest BCUT2D eigenvalue weighted by Crippen LogP contribution is -2.27. The van der Waals surface area contributed by atoms with Crippen LogP contribution in [0.3, 0.4) is 0 Å². The highest BCUT2D eigenvalue weighted by atomic mass is 16.5. The van der Waals surface area contributed by atoms with Crippen LogP contribution in [0.25, 0.3) is 0 Å². The van der Waals surface area contributed by atoms with Gasteiger partial charge in [-0.25, -0.2) is 0 Å². The predicted molar refractivity (Wildman–Crippen MR) is 248 cm³/mol. The molecule has 0 bridgehead atoms. The number of carbonyl (C=O) groups is 2. The summed E-state index contributed by atoms with van der Waals surface area (Å²) in [5.74, 6) is -0.144. The molecule has 338 valence electrons. The van der Waals surface area contributed by atoms with Crippen molar-refractivity contribution in [3.63, 3.8) is 0 Å². The van der Waals surface area contributed by atoms with E-state index in [0.29, 0.717) is 38.9 Å². The third-order valence-corrected chi connectivity index (χ3v) is 11.4.